The number of carbonyl (C=O) groups excluding carboxylic acids is 1. The molecule has 0 bridgehead atoms. The molecule has 3 N–H and O–H groups in total. The van der Waals surface area contributed by atoms with Gasteiger partial charge in [-0.1, -0.05) is 33.6 Å². The molecule has 1 saturated carbocycles. The van der Waals surface area contributed by atoms with Crippen molar-refractivity contribution in [2.45, 2.75) is 57.9 Å². The summed E-state index contributed by atoms with van der Waals surface area (Å²) in [5.74, 6) is 0.819. The lowest BCUT2D eigenvalue weighted by Crippen LogP contribution is -2.53. The number of anilines is 1. The minimum atomic E-state index is -0.721. The molecule has 19 heavy (non-hydrogen) atoms. The lowest BCUT2D eigenvalue weighted by molar-refractivity contribution is -0.122. The quantitative estimate of drug-likeness (QED) is 0.894. The maximum Gasteiger partial charge on any atom is 0.246 e. The van der Waals surface area contributed by atoms with Crippen LogP contribution in [0.1, 0.15) is 58.1 Å². The van der Waals surface area contributed by atoms with E-state index in [-0.39, 0.29) is 5.91 Å². The molecule has 1 aliphatic rings. The van der Waals surface area contributed by atoms with Crippen LogP contribution in [0.25, 0.3) is 0 Å². The Kier molecular flexibility index (Phi) is 4.26. The van der Waals surface area contributed by atoms with E-state index in [1.807, 2.05) is 5.38 Å². The summed E-state index contributed by atoms with van der Waals surface area (Å²) in [5, 5.41) is 5.55. The monoisotopic (exact) mass is 281 g/mol. The summed E-state index contributed by atoms with van der Waals surface area (Å²) < 4.78 is 0. The van der Waals surface area contributed by atoms with Gasteiger partial charge < -0.3 is 11.1 Å². The maximum absolute atomic E-state index is 12.3. The van der Waals surface area contributed by atoms with Crippen molar-refractivity contribution in [1.29, 1.82) is 0 Å². The first kappa shape index (κ1) is 14.5. The molecule has 0 spiro atoms. The molecule has 1 aromatic rings. The van der Waals surface area contributed by atoms with Crippen LogP contribution in [0.5, 0.6) is 0 Å². The SMILES string of the molecule is CC1CCCC(N)(C(=O)Nc2nc(C(C)C)cs2)C1. The van der Waals surface area contributed by atoms with Crippen LogP contribution in [0.15, 0.2) is 5.38 Å². The van der Waals surface area contributed by atoms with Gasteiger partial charge in [-0.25, -0.2) is 4.98 Å². The average molecular weight is 281 g/mol. The van der Waals surface area contributed by atoms with Crippen LogP contribution in [0, 0.1) is 5.92 Å². The van der Waals surface area contributed by atoms with Crippen molar-refractivity contribution in [3.63, 3.8) is 0 Å². The highest BCUT2D eigenvalue weighted by molar-refractivity contribution is 7.13. The minimum absolute atomic E-state index is 0.0799. The predicted molar refractivity (Wildman–Crippen MR) is 79.4 cm³/mol. The standard InChI is InChI=1S/C14H23N3OS/c1-9(2)11-8-19-13(16-11)17-12(18)14(15)6-4-5-10(3)7-14/h8-10H,4-7,15H2,1-3H3,(H,16,17,18). The van der Waals surface area contributed by atoms with Crippen molar-refractivity contribution < 1.29 is 4.79 Å². The average Bonchev–Trinajstić information content (AvgIpc) is 2.77. The summed E-state index contributed by atoms with van der Waals surface area (Å²) >= 11 is 1.47. The van der Waals surface area contributed by atoms with E-state index in [0.29, 0.717) is 17.0 Å². The van der Waals surface area contributed by atoms with E-state index < -0.39 is 5.54 Å². The number of amides is 1. The van der Waals surface area contributed by atoms with Gasteiger partial charge in [0.05, 0.1) is 11.2 Å². The van der Waals surface area contributed by atoms with Gasteiger partial charge in [-0.2, -0.15) is 0 Å². The zero-order valence-electron chi connectivity index (χ0n) is 11.9. The largest absolute Gasteiger partial charge is 0.317 e. The van der Waals surface area contributed by atoms with Crippen LogP contribution in [0.4, 0.5) is 5.13 Å². The predicted octanol–water partition coefficient (Wildman–Crippen LogP) is 3.11. The Hall–Kier alpha value is -0.940. The number of aromatic nitrogens is 1. The Morgan fingerprint density at radius 1 is 1.63 bits per heavy atom. The Labute approximate surface area is 118 Å². The topological polar surface area (TPSA) is 68.0 Å². The summed E-state index contributed by atoms with van der Waals surface area (Å²) in [6.45, 7) is 6.34. The molecule has 4 nitrogen and oxygen atoms in total. The molecule has 106 valence electrons. The lowest BCUT2D eigenvalue weighted by Gasteiger charge is -2.34. The van der Waals surface area contributed by atoms with E-state index in [1.165, 1.54) is 17.8 Å². The zero-order valence-corrected chi connectivity index (χ0v) is 12.7. The first-order valence-corrected chi connectivity index (χ1v) is 7.84. The first-order chi connectivity index (χ1) is 8.90. The van der Waals surface area contributed by atoms with E-state index in [0.717, 1.165) is 25.0 Å². The fraction of sp³-hybridized carbons (Fsp3) is 0.714. The number of thiazole rings is 1. The van der Waals surface area contributed by atoms with Crippen molar-refractivity contribution in [3.05, 3.63) is 11.1 Å². The summed E-state index contributed by atoms with van der Waals surface area (Å²) in [5.41, 5.74) is 6.57. The highest BCUT2D eigenvalue weighted by Gasteiger charge is 2.38. The number of nitrogens with zero attached hydrogens (tertiary/aromatic N) is 1. The van der Waals surface area contributed by atoms with E-state index >= 15 is 0 Å². The van der Waals surface area contributed by atoms with E-state index in [2.05, 4.69) is 31.1 Å². The third kappa shape index (κ3) is 3.34. The van der Waals surface area contributed by atoms with Crippen LogP contribution in [-0.2, 0) is 4.79 Å². The Morgan fingerprint density at radius 2 is 2.37 bits per heavy atom. The molecule has 1 fully saturated rings. The van der Waals surface area contributed by atoms with E-state index in [9.17, 15) is 4.79 Å². The molecule has 5 heteroatoms. The maximum atomic E-state index is 12.3. The van der Waals surface area contributed by atoms with Gasteiger partial charge in [0.25, 0.3) is 0 Å². The van der Waals surface area contributed by atoms with Crippen molar-refractivity contribution >= 4 is 22.4 Å². The summed E-state index contributed by atoms with van der Waals surface area (Å²) in [4.78, 5) is 16.8. The summed E-state index contributed by atoms with van der Waals surface area (Å²) in [6.07, 6.45) is 3.73. The molecule has 2 rings (SSSR count). The van der Waals surface area contributed by atoms with Crippen LogP contribution in [0.2, 0.25) is 0 Å². The van der Waals surface area contributed by atoms with Gasteiger partial charge in [-0.05, 0) is 24.7 Å². The summed E-state index contributed by atoms with van der Waals surface area (Å²) in [6, 6.07) is 0. The number of carbonyl (C=O) groups is 1. The van der Waals surface area contributed by atoms with Gasteiger partial charge >= 0.3 is 0 Å². The molecule has 1 amide bonds. The van der Waals surface area contributed by atoms with Crippen molar-refractivity contribution in [2.24, 2.45) is 11.7 Å². The Balaban J connectivity index is 2.03. The highest BCUT2D eigenvalue weighted by atomic mass is 32.1. The molecule has 2 atom stereocenters. The third-order valence-electron chi connectivity index (χ3n) is 3.82. The molecule has 2 unspecified atom stereocenters. The lowest BCUT2D eigenvalue weighted by atomic mass is 9.76. The fourth-order valence-electron chi connectivity index (χ4n) is 2.63. The molecule has 0 aromatic carbocycles. The number of hydrogen-bond donors (Lipinski definition) is 2. The number of rotatable bonds is 3. The number of hydrogen-bond acceptors (Lipinski definition) is 4. The second kappa shape index (κ2) is 5.59. The van der Waals surface area contributed by atoms with Crippen molar-refractivity contribution in [1.82, 2.24) is 4.98 Å². The van der Waals surface area contributed by atoms with Gasteiger partial charge in [-0.15, -0.1) is 11.3 Å². The summed E-state index contributed by atoms with van der Waals surface area (Å²) in [7, 11) is 0. The van der Waals surface area contributed by atoms with Gasteiger partial charge in [0.1, 0.15) is 0 Å². The Morgan fingerprint density at radius 3 is 2.95 bits per heavy atom. The van der Waals surface area contributed by atoms with Crippen LogP contribution >= 0.6 is 11.3 Å². The molecule has 1 aromatic heterocycles. The van der Waals surface area contributed by atoms with Crippen molar-refractivity contribution in [3.8, 4) is 0 Å². The van der Waals surface area contributed by atoms with Gasteiger partial charge in [0.15, 0.2) is 5.13 Å². The van der Waals surface area contributed by atoms with Gasteiger partial charge in [-0.3, -0.25) is 4.79 Å². The molecule has 0 aliphatic heterocycles. The Bertz CT molecular complexity index is 457. The molecule has 1 aliphatic carbocycles. The molecule has 0 radical (unpaired) electrons. The van der Waals surface area contributed by atoms with Gasteiger partial charge in [0, 0.05) is 5.38 Å². The normalized spacial score (nSPS) is 27.5. The van der Waals surface area contributed by atoms with E-state index in [4.69, 9.17) is 5.73 Å². The van der Waals surface area contributed by atoms with Gasteiger partial charge in [0.2, 0.25) is 5.91 Å². The smallest absolute Gasteiger partial charge is 0.246 e. The third-order valence-corrected chi connectivity index (χ3v) is 4.59. The number of nitrogens with two attached hydrogens (primary N) is 1. The first-order valence-electron chi connectivity index (χ1n) is 6.96. The minimum Gasteiger partial charge on any atom is -0.317 e. The van der Waals surface area contributed by atoms with E-state index in [1.54, 1.807) is 0 Å². The molecule has 1 heterocycles. The molecule has 0 saturated heterocycles. The fourth-order valence-corrected chi connectivity index (χ4v) is 3.50. The zero-order chi connectivity index (χ0) is 14.0. The van der Waals surface area contributed by atoms with Crippen molar-refractivity contribution in [2.75, 3.05) is 5.32 Å². The van der Waals surface area contributed by atoms with Crippen LogP contribution in [0.3, 0.4) is 0 Å². The highest BCUT2D eigenvalue weighted by Crippen LogP contribution is 2.32. The second-order valence-corrected chi connectivity index (χ2v) is 6.90. The van der Waals surface area contributed by atoms with Crippen LogP contribution < -0.4 is 11.1 Å². The molecular formula is C14H23N3OS. The second-order valence-electron chi connectivity index (χ2n) is 6.04. The molecular weight excluding hydrogens is 258 g/mol. The number of nitrogens with one attached hydrogen (secondary N) is 1. The van der Waals surface area contributed by atoms with Crippen LogP contribution in [-0.4, -0.2) is 16.4 Å².